The molecule has 0 nitrogen and oxygen atoms in total. The molecule has 2 heteroatoms. The maximum atomic E-state index is 3.48. The third-order valence-electron chi connectivity index (χ3n) is 1.53. The predicted octanol–water partition coefficient (Wildman–Crippen LogP) is 2.57. The van der Waals surface area contributed by atoms with E-state index in [1.54, 1.807) is 0 Å². The van der Waals surface area contributed by atoms with Crippen molar-refractivity contribution in [3.63, 3.8) is 0 Å². The molecule has 0 N–H and O–H groups in total. The molecular formula is C8H10BrP. The Morgan fingerprint density at radius 2 is 1.90 bits per heavy atom. The monoisotopic (exact) mass is 216 g/mol. The molecule has 1 unspecified atom stereocenters. The summed E-state index contributed by atoms with van der Waals surface area (Å²) in [6.45, 7) is 4.20. The van der Waals surface area contributed by atoms with E-state index in [1.807, 2.05) is 0 Å². The molecule has 1 atom stereocenters. The van der Waals surface area contributed by atoms with E-state index in [1.165, 1.54) is 20.9 Å². The van der Waals surface area contributed by atoms with Crippen LogP contribution in [0.1, 0.15) is 11.1 Å². The summed E-state index contributed by atoms with van der Waals surface area (Å²) in [7, 11) is 2.73. The molecular weight excluding hydrogens is 207 g/mol. The molecule has 0 heterocycles. The van der Waals surface area contributed by atoms with E-state index in [0.29, 0.717) is 0 Å². The van der Waals surface area contributed by atoms with Gasteiger partial charge in [0.1, 0.15) is 0 Å². The van der Waals surface area contributed by atoms with E-state index in [-0.39, 0.29) is 0 Å². The summed E-state index contributed by atoms with van der Waals surface area (Å²) in [5.74, 6) is 0. The second-order valence-electron chi connectivity index (χ2n) is 2.46. The van der Waals surface area contributed by atoms with E-state index >= 15 is 0 Å². The van der Waals surface area contributed by atoms with Crippen LogP contribution in [-0.2, 0) is 0 Å². The fourth-order valence-electron chi connectivity index (χ4n) is 0.841. The van der Waals surface area contributed by atoms with E-state index in [4.69, 9.17) is 0 Å². The zero-order valence-electron chi connectivity index (χ0n) is 6.11. The van der Waals surface area contributed by atoms with Gasteiger partial charge < -0.3 is 0 Å². The van der Waals surface area contributed by atoms with Crippen LogP contribution < -0.4 is 5.30 Å². The number of rotatable bonds is 0. The van der Waals surface area contributed by atoms with Crippen LogP contribution in [0.25, 0.3) is 0 Å². The van der Waals surface area contributed by atoms with Crippen LogP contribution >= 0.6 is 25.2 Å². The van der Waals surface area contributed by atoms with E-state index in [0.717, 1.165) is 0 Å². The summed E-state index contributed by atoms with van der Waals surface area (Å²) in [6.07, 6.45) is 0. The fourth-order valence-corrected chi connectivity index (χ4v) is 2.06. The zero-order valence-corrected chi connectivity index (χ0v) is 8.85. The second-order valence-corrected chi connectivity index (χ2v) is 3.94. The van der Waals surface area contributed by atoms with Crippen molar-refractivity contribution in [3.05, 3.63) is 27.7 Å². The Morgan fingerprint density at radius 1 is 1.30 bits per heavy atom. The Labute approximate surface area is 72.4 Å². The maximum Gasteiger partial charge on any atom is 0.0213 e. The first-order chi connectivity index (χ1) is 4.61. The normalized spacial score (nSPS) is 10.0. The number of halogens is 1. The SMILES string of the molecule is Cc1cc(P)c(C)c(Br)c1. The van der Waals surface area contributed by atoms with Crippen LogP contribution in [0.2, 0.25) is 0 Å². The van der Waals surface area contributed by atoms with Crippen LogP contribution in [0.3, 0.4) is 0 Å². The van der Waals surface area contributed by atoms with Gasteiger partial charge in [0.25, 0.3) is 0 Å². The summed E-state index contributed by atoms with van der Waals surface area (Å²) in [5.41, 5.74) is 2.60. The number of hydrogen-bond acceptors (Lipinski definition) is 0. The molecule has 1 rings (SSSR count). The molecule has 0 saturated carbocycles. The Bertz CT molecular complexity index is 232. The predicted molar refractivity (Wildman–Crippen MR) is 53.0 cm³/mol. The van der Waals surface area contributed by atoms with Gasteiger partial charge in [0.15, 0.2) is 0 Å². The molecule has 0 bridgehead atoms. The fraction of sp³-hybridized carbons (Fsp3) is 0.250. The van der Waals surface area contributed by atoms with Gasteiger partial charge in [0.2, 0.25) is 0 Å². The summed E-state index contributed by atoms with van der Waals surface area (Å²) in [4.78, 5) is 0. The number of aryl methyl sites for hydroxylation is 1. The van der Waals surface area contributed by atoms with Crippen molar-refractivity contribution in [2.24, 2.45) is 0 Å². The van der Waals surface area contributed by atoms with Crippen molar-refractivity contribution in [3.8, 4) is 0 Å². The van der Waals surface area contributed by atoms with Crippen LogP contribution in [-0.4, -0.2) is 0 Å². The van der Waals surface area contributed by atoms with Crippen molar-refractivity contribution in [2.75, 3.05) is 0 Å². The van der Waals surface area contributed by atoms with Crippen molar-refractivity contribution in [1.29, 1.82) is 0 Å². The Hall–Kier alpha value is 0.130. The molecule has 10 heavy (non-hydrogen) atoms. The molecule has 0 aromatic heterocycles. The summed E-state index contributed by atoms with van der Waals surface area (Å²) in [5, 5.41) is 1.27. The minimum atomic E-state index is 1.19. The average molecular weight is 217 g/mol. The Balaban J connectivity index is 3.31. The molecule has 0 spiro atoms. The average Bonchev–Trinajstić information content (AvgIpc) is 1.82. The zero-order chi connectivity index (χ0) is 7.72. The van der Waals surface area contributed by atoms with E-state index in [2.05, 4.69) is 51.1 Å². The van der Waals surface area contributed by atoms with Gasteiger partial charge in [0.05, 0.1) is 0 Å². The summed E-state index contributed by atoms with van der Waals surface area (Å²) >= 11 is 3.48. The highest BCUT2D eigenvalue weighted by atomic mass is 79.9. The third kappa shape index (κ3) is 1.59. The van der Waals surface area contributed by atoms with Gasteiger partial charge in [-0.05, 0) is 36.3 Å². The van der Waals surface area contributed by atoms with Crippen molar-refractivity contribution in [2.45, 2.75) is 13.8 Å². The van der Waals surface area contributed by atoms with Crippen LogP contribution in [0.5, 0.6) is 0 Å². The molecule has 0 amide bonds. The van der Waals surface area contributed by atoms with Gasteiger partial charge in [-0.25, -0.2) is 0 Å². The largest absolute Gasteiger partial charge is 0.105 e. The minimum absolute atomic E-state index is 1.19. The molecule has 54 valence electrons. The molecule has 1 aromatic carbocycles. The standard InChI is InChI=1S/C8H10BrP/c1-5-3-7(9)6(2)8(10)4-5/h3-4H,10H2,1-2H3. The van der Waals surface area contributed by atoms with Gasteiger partial charge in [-0.15, -0.1) is 9.24 Å². The minimum Gasteiger partial charge on any atom is -0.105 e. The smallest absolute Gasteiger partial charge is 0.0213 e. The van der Waals surface area contributed by atoms with Gasteiger partial charge in [-0.3, -0.25) is 0 Å². The second kappa shape index (κ2) is 3.02. The lowest BCUT2D eigenvalue weighted by Crippen LogP contribution is -1.97. The number of hydrogen-bond donors (Lipinski definition) is 0. The molecule has 1 aromatic rings. The summed E-state index contributed by atoms with van der Waals surface area (Å²) in [6, 6.07) is 4.29. The summed E-state index contributed by atoms with van der Waals surface area (Å²) < 4.78 is 1.19. The maximum absolute atomic E-state index is 3.48. The topological polar surface area (TPSA) is 0 Å². The van der Waals surface area contributed by atoms with E-state index in [9.17, 15) is 0 Å². The van der Waals surface area contributed by atoms with Gasteiger partial charge in [-0.2, -0.15) is 0 Å². The van der Waals surface area contributed by atoms with Gasteiger partial charge >= 0.3 is 0 Å². The lowest BCUT2D eigenvalue weighted by Gasteiger charge is -2.03. The third-order valence-corrected chi connectivity index (χ3v) is 2.95. The van der Waals surface area contributed by atoms with Crippen LogP contribution in [0.4, 0.5) is 0 Å². The highest BCUT2D eigenvalue weighted by Crippen LogP contribution is 2.16. The van der Waals surface area contributed by atoms with E-state index < -0.39 is 0 Å². The van der Waals surface area contributed by atoms with Crippen molar-refractivity contribution >= 4 is 30.5 Å². The molecule has 0 aliphatic rings. The Kier molecular flexibility index (Phi) is 2.49. The number of benzene rings is 1. The molecule has 0 fully saturated rings. The quantitative estimate of drug-likeness (QED) is 0.586. The lowest BCUT2D eigenvalue weighted by atomic mass is 10.2. The van der Waals surface area contributed by atoms with Gasteiger partial charge in [-0.1, -0.05) is 22.0 Å². The first-order valence-electron chi connectivity index (χ1n) is 3.13. The molecule has 0 aliphatic carbocycles. The molecule has 0 radical (unpaired) electrons. The molecule has 0 aliphatic heterocycles. The highest BCUT2D eigenvalue weighted by Gasteiger charge is 1.97. The lowest BCUT2D eigenvalue weighted by molar-refractivity contribution is 1.40. The van der Waals surface area contributed by atoms with Gasteiger partial charge in [0, 0.05) is 4.47 Å². The van der Waals surface area contributed by atoms with Crippen molar-refractivity contribution < 1.29 is 0 Å². The van der Waals surface area contributed by atoms with Crippen LogP contribution in [0, 0.1) is 13.8 Å². The highest BCUT2D eigenvalue weighted by molar-refractivity contribution is 9.10. The molecule has 0 saturated heterocycles. The first kappa shape index (κ1) is 8.23. The Morgan fingerprint density at radius 3 is 2.40 bits per heavy atom. The van der Waals surface area contributed by atoms with Crippen molar-refractivity contribution in [1.82, 2.24) is 0 Å². The first-order valence-corrected chi connectivity index (χ1v) is 4.50. The van der Waals surface area contributed by atoms with Crippen LogP contribution in [0.15, 0.2) is 16.6 Å².